The van der Waals surface area contributed by atoms with E-state index in [0.29, 0.717) is 43.4 Å². The third-order valence-corrected chi connectivity index (χ3v) is 5.25. The summed E-state index contributed by atoms with van der Waals surface area (Å²) >= 11 is 0. The summed E-state index contributed by atoms with van der Waals surface area (Å²) in [6, 6.07) is 10.2. The number of carbonyl (C=O) groups excluding carboxylic acids is 1. The van der Waals surface area contributed by atoms with Crippen LogP contribution < -0.4 is 11.1 Å². The smallest absolute Gasteiger partial charge is 0.415 e. The lowest BCUT2D eigenvalue weighted by atomic mass is 10.0. The Kier molecular flexibility index (Phi) is 7.41. The minimum atomic E-state index is -1.47. The molecule has 1 heterocycles. The highest BCUT2D eigenvalue weighted by Crippen LogP contribution is 2.20. The molecule has 3 rings (SSSR count). The van der Waals surface area contributed by atoms with Crippen LogP contribution in [0.2, 0.25) is 0 Å². The number of rotatable bonds is 6. The number of carboxylic acid groups (broad SMARTS) is 1. The van der Waals surface area contributed by atoms with Gasteiger partial charge in [0.15, 0.2) is 0 Å². The molecule has 3 amide bonds. The highest BCUT2D eigenvalue weighted by molar-refractivity contribution is 5.90. The van der Waals surface area contributed by atoms with Crippen molar-refractivity contribution in [2.24, 2.45) is 5.73 Å². The molecule has 0 atom stereocenters. The second-order valence-corrected chi connectivity index (χ2v) is 7.57. The van der Waals surface area contributed by atoms with Crippen LogP contribution in [0.1, 0.15) is 24.0 Å². The van der Waals surface area contributed by atoms with E-state index in [9.17, 15) is 23.5 Å². The van der Waals surface area contributed by atoms with Gasteiger partial charge in [0.2, 0.25) is 0 Å². The van der Waals surface area contributed by atoms with Gasteiger partial charge < -0.3 is 21.1 Å². The molecule has 4 N–H and O–H groups in total. The number of hydrogen-bond acceptors (Lipinski definition) is 4. The van der Waals surface area contributed by atoms with Crippen LogP contribution in [0.4, 0.5) is 24.1 Å². The minimum Gasteiger partial charge on any atom is -0.465 e. The number of halogens is 2. The first-order valence-corrected chi connectivity index (χ1v) is 10.2. The molecule has 2 aromatic rings. The van der Waals surface area contributed by atoms with E-state index >= 15 is 0 Å². The number of benzene rings is 2. The molecule has 2 aromatic carbocycles. The molecule has 7 nitrogen and oxygen atoms in total. The monoisotopic (exact) mass is 432 g/mol. The van der Waals surface area contributed by atoms with Crippen LogP contribution in [0.5, 0.6) is 0 Å². The number of nitrogens with one attached hydrogen (secondary N) is 1. The van der Waals surface area contributed by atoms with Gasteiger partial charge in [-0.15, -0.1) is 0 Å². The summed E-state index contributed by atoms with van der Waals surface area (Å²) in [6.45, 7) is 0.934. The van der Waals surface area contributed by atoms with E-state index in [1.54, 1.807) is 0 Å². The predicted octanol–water partition coefficient (Wildman–Crippen LogP) is 3.64. The van der Waals surface area contributed by atoms with Crippen molar-refractivity contribution in [2.45, 2.75) is 31.8 Å². The van der Waals surface area contributed by atoms with Gasteiger partial charge in [0.05, 0.1) is 6.54 Å². The number of imide groups is 1. The van der Waals surface area contributed by atoms with E-state index in [1.807, 2.05) is 24.3 Å². The van der Waals surface area contributed by atoms with Crippen molar-refractivity contribution in [1.29, 1.82) is 0 Å². The molecular weight excluding hydrogens is 406 g/mol. The fourth-order valence-electron chi connectivity index (χ4n) is 3.66. The van der Waals surface area contributed by atoms with Gasteiger partial charge in [0.1, 0.15) is 11.6 Å². The lowest BCUT2D eigenvalue weighted by molar-refractivity contribution is 0.119. The molecule has 0 radical (unpaired) electrons. The Hall–Kier alpha value is -3.20. The lowest BCUT2D eigenvalue weighted by Crippen LogP contribution is -2.49. The van der Waals surface area contributed by atoms with Crippen LogP contribution in [0.15, 0.2) is 42.5 Å². The van der Waals surface area contributed by atoms with Crippen molar-refractivity contribution in [3.05, 3.63) is 65.2 Å². The highest BCUT2D eigenvalue weighted by Gasteiger charge is 2.30. The summed E-state index contributed by atoms with van der Waals surface area (Å²) < 4.78 is 26.8. The normalized spacial score (nSPS) is 14.4. The van der Waals surface area contributed by atoms with Gasteiger partial charge in [0, 0.05) is 30.9 Å². The standard InChI is InChI=1S/C22H26F2N4O3/c23-17-11-16(12-18(24)13-17)14-28(22(30)31)21(29)27-9-6-20(7-10-27)26-19-3-1-15(2-4-19)5-8-25/h1-4,11-13,20,26H,5-10,14,25H2,(H,30,31). The first kappa shape index (κ1) is 22.5. The maximum Gasteiger partial charge on any atom is 0.415 e. The second-order valence-electron chi connectivity index (χ2n) is 7.57. The summed E-state index contributed by atoms with van der Waals surface area (Å²) in [5, 5.41) is 12.9. The zero-order valence-corrected chi connectivity index (χ0v) is 17.1. The largest absolute Gasteiger partial charge is 0.465 e. The zero-order valence-electron chi connectivity index (χ0n) is 17.1. The van der Waals surface area contributed by atoms with Crippen molar-refractivity contribution in [3.63, 3.8) is 0 Å². The Bertz CT molecular complexity index is 895. The van der Waals surface area contributed by atoms with Crippen molar-refractivity contribution >= 4 is 17.8 Å². The molecule has 1 aliphatic heterocycles. The number of urea groups is 1. The third-order valence-electron chi connectivity index (χ3n) is 5.25. The molecule has 31 heavy (non-hydrogen) atoms. The van der Waals surface area contributed by atoms with E-state index in [2.05, 4.69) is 5.32 Å². The number of likely N-dealkylation sites (tertiary alicyclic amines) is 1. The predicted molar refractivity (Wildman–Crippen MR) is 113 cm³/mol. The molecule has 0 aliphatic carbocycles. The van der Waals surface area contributed by atoms with Crippen LogP contribution in [0, 0.1) is 11.6 Å². The second kappa shape index (κ2) is 10.2. The molecule has 1 fully saturated rings. The van der Waals surface area contributed by atoms with Crippen LogP contribution in [-0.2, 0) is 13.0 Å². The number of hydrogen-bond donors (Lipinski definition) is 3. The molecule has 0 bridgehead atoms. The summed E-state index contributed by atoms with van der Waals surface area (Å²) in [4.78, 5) is 26.4. The number of nitrogens with zero attached hydrogens (tertiary/aromatic N) is 2. The molecule has 9 heteroatoms. The molecule has 0 aromatic heterocycles. The minimum absolute atomic E-state index is 0.0721. The topological polar surface area (TPSA) is 98.9 Å². The van der Waals surface area contributed by atoms with Crippen molar-refractivity contribution in [3.8, 4) is 0 Å². The lowest BCUT2D eigenvalue weighted by Gasteiger charge is -2.35. The quantitative estimate of drug-likeness (QED) is 0.647. The van der Waals surface area contributed by atoms with E-state index in [1.165, 1.54) is 10.5 Å². The van der Waals surface area contributed by atoms with Crippen LogP contribution in [0.3, 0.4) is 0 Å². The molecule has 0 saturated carbocycles. The maximum atomic E-state index is 13.4. The number of piperidine rings is 1. The Labute approximate surface area is 179 Å². The van der Waals surface area contributed by atoms with E-state index in [4.69, 9.17) is 5.73 Å². The highest BCUT2D eigenvalue weighted by atomic mass is 19.1. The van der Waals surface area contributed by atoms with Gasteiger partial charge in [-0.05, 0) is 61.2 Å². The molecule has 1 saturated heterocycles. The van der Waals surface area contributed by atoms with Gasteiger partial charge in [-0.1, -0.05) is 12.1 Å². The first-order valence-electron chi connectivity index (χ1n) is 10.2. The SMILES string of the molecule is NCCc1ccc(NC2CCN(C(=O)N(Cc3cc(F)cc(F)c3)C(=O)O)CC2)cc1. The van der Waals surface area contributed by atoms with Gasteiger partial charge in [0.25, 0.3) is 0 Å². The van der Waals surface area contributed by atoms with E-state index in [-0.39, 0.29) is 11.6 Å². The maximum absolute atomic E-state index is 13.4. The van der Waals surface area contributed by atoms with Gasteiger partial charge in [-0.2, -0.15) is 0 Å². The Morgan fingerprint density at radius 2 is 1.68 bits per heavy atom. The summed E-state index contributed by atoms with van der Waals surface area (Å²) in [7, 11) is 0. The van der Waals surface area contributed by atoms with Crippen molar-refractivity contribution < 1.29 is 23.5 Å². The number of nitrogens with two attached hydrogens (primary N) is 1. The number of anilines is 1. The Balaban J connectivity index is 1.56. The summed E-state index contributed by atoms with van der Waals surface area (Å²) in [5.74, 6) is -1.65. The molecule has 166 valence electrons. The number of amides is 3. The average molecular weight is 432 g/mol. The molecule has 0 unspecified atom stereocenters. The van der Waals surface area contributed by atoms with Crippen LogP contribution in [-0.4, -0.2) is 52.7 Å². The summed E-state index contributed by atoms with van der Waals surface area (Å²) in [5.41, 5.74) is 7.78. The van der Waals surface area contributed by atoms with Crippen molar-refractivity contribution in [1.82, 2.24) is 9.80 Å². The number of carbonyl (C=O) groups is 2. The fourth-order valence-corrected chi connectivity index (χ4v) is 3.66. The molecule has 1 aliphatic rings. The first-order chi connectivity index (χ1) is 14.9. The zero-order chi connectivity index (χ0) is 22.4. The van der Waals surface area contributed by atoms with Crippen LogP contribution >= 0.6 is 0 Å². The fraction of sp³-hybridized carbons (Fsp3) is 0.364. The van der Waals surface area contributed by atoms with Crippen molar-refractivity contribution in [2.75, 3.05) is 25.0 Å². The average Bonchev–Trinajstić information content (AvgIpc) is 2.73. The summed E-state index contributed by atoms with van der Waals surface area (Å²) in [6.07, 6.45) is 0.660. The van der Waals surface area contributed by atoms with Gasteiger partial charge in [-0.25, -0.2) is 23.3 Å². The Morgan fingerprint density at radius 1 is 1.06 bits per heavy atom. The third kappa shape index (κ3) is 6.14. The van der Waals surface area contributed by atoms with Crippen LogP contribution in [0.25, 0.3) is 0 Å². The molecule has 0 spiro atoms. The molecular formula is C22H26F2N4O3. The van der Waals surface area contributed by atoms with E-state index < -0.39 is 30.3 Å². The van der Waals surface area contributed by atoms with Gasteiger partial charge >= 0.3 is 12.1 Å². The Morgan fingerprint density at radius 3 is 2.23 bits per heavy atom. The van der Waals surface area contributed by atoms with Gasteiger partial charge in [-0.3, -0.25) is 0 Å². The van der Waals surface area contributed by atoms with E-state index in [0.717, 1.165) is 24.2 Å².